The molecule has 0 spiro atoms. The number of alkyl halides is 1. The van der Waals surface area contributed by atoms with E-state index in [1.165, 1.54) is 11.3 Å². The minimum Gasteiger partial charge on any atom is -0.389 e. The first-order valence-corrected chi connectivity index (χ1v) is 4.54. The minimum absolute atomic E-state index is 0.00235. The Morgan fingerprint density at radius 3 is 2.64 bits per heavy atom. The highest BCUT2D eigenvalue weighted by Crippen LogP contribution is 2.28. The summed E-state index contributed by atoms with van der Waals surface area (Å²) in [5, 5.41) is 11.3. The third-order valence-electron chi connectivity index (χ3n) is 1.30. The summed E-state index contributed by atoms with van der Waals surface area (Å²) in [5.74, 6) is 0. The molecule has 0 saturated heterocycles. The summed E-state index contributed by atoms with van der Waals surface area (Å²) < 4.78 is 0. The Balaban J connectivity index is 2.89. The first-order valence-electron chi connectivity index (χ1n) is 3.28. The fourth-order valence-electron chi connectivity index (χ4n) is 0.657. The number of thiazole rings is 1. The van der Waals surface area contributed by atoms with E-state index in [9.17, 15) is 0 Å². The van der Waals surface area contributed by atoms with Crippen LogP contribution in [-0.2, 0) is 11.5 Å². The molecular weight excluding hydrogens is 182 g/mol. The molecule has 0 unspecified atom stereocenters. The predicted molar refractivity (Wildman–Crippen MR) is 46.9 cm³/mol. The average Bonchev–Trinajstić information content (AvgIpc) is 2.32. The van der Waals surface area contributed by atoms with Crippen LogP contribution in [0, 0.1) is 0 Å². The topological polar surface area (TPSA) is 33.1 Å². The highest BCUT2D eigenvalue weighted by atomic mass is 35.5. The lowest BCUT2D eigenvalue weighted by Gasteiger charge is -2.10. The summed E-state index contributed by atoms with van der Waals surface area (Å²) in [4.78, 5) is 3.71. The Morgan fingerprint density at radius 2 is 2.36 bits per heavy atom. The van der Waals surface area contributed by atoms with Crippen LogP contribution in [0.2, 0.25) is 0 Å². The van der Waals surface area contributed by atoms with Gasteiger partial charge >= 0.3 is 0 Å². The number of hydrogen-bond donors (Lipinski definition) is 1. The zero-order valence-corrected chi connectivity index (χ0v) is 8.04. The maximum Gasteiger partial charge on any atom is 0.118 e. The molecule has 2 nitrogen and oxygen atoms in total. The van der Waals surface area contributed by atoms with Gasteiger partial charge in [0.2, 0.25) is 0 Å². The predicted octanol–water partition coefficient (Wildman–Crippen LogP) is 2.11. The van der Waals surface area contributed by atoms with Crippen LogP contribution >= 0.6 is 22.9 Å². The molecule has 1 heterocycles. The third kappa shape index (κ3) is 2.15. The summed E-state index contributed by atoms with van der Waals surface area (Å²) >= 11 is 7.42. The Kier molecular flexibility index (Phi) is 2.52. The number of aliphatic hydroxyl groups excluding tert-OH is 1. The maximum absolute atomic E-state index is 8.72. The van der Waals surface area contributed by atoms with Gasteiger partial charge < -0.3 is 5.11 Å². The fourth-order valence-corrected chi connectivity index (χ4v) is 1.64. The van der Waals surface area contributed by atoms with Crippen molar-refractivity contribution in [3.05, 3.63) is 16.1 Å². The molecule has 1 aromatic heterocycles. The average molecular weight is 192 g/mol. The van der Waals surface area contributed by atoms with Crippen LogP contribution in [0.4, 0.5) is 0 Å². The van der Waals surface area contributed by atoms with Crippen LogP contribution in [0.15, 0.2) is 5.38 Å². The SMILES string of the molecule is CC(C)(Cl)c1csc(CO)n1. The second-order valence-corrected chi connectivity index (χ2v) is 4.64. The standard InChI is InChI=1S/C7H10ClNOS/c1-7(2,8)5-4-11-6(3-10)9-5/h4,10H,3H2,1-2H3. The number of nitrogens with zero attached hydrogens (tertiary/aromatic N) is 1. The van der Waals surface area contributed by atoms with Crippen molar-refractivity contribution in [3.63, 3.8) is 0 Å². The van der Waals surface area contributed by atoms with Gasteiger partial charge in [0.15, 0.2) is 0 Å². The number of hydrogen-bond acceptors (Lipinski definition) is 3. The maximum atomic E-state index is 8.72. The Morgan fingerprint density at radius 1 is 1.73 bits per heavy atom. The molecule has 0 aliphatic rings. The van der Waals surface area contributed by atoms with Gasteiger partial charge in [0, 0.05) is 5.38 Å². The quantitative estimate of drug-likeness (QED) is 0.727. The van der Waals surface area contributed by atoms with Gasteiger partial charge in [-0.3, -0.25) is 0 Å². The number of aromatic nitrogens is 1. The Hall–Kier alpha value is -0.120. The first-order chi connectivity index (χ1) is 5.04. The van der Waals surface area contributed by atoms with Crippen LogP contribution < -0.4 is 0 Å². The molecule has 0 radical (unpaired) electrons. The minimum atomic E-state index is -0.427. The van der Waals surface area contributed by atoms with Crippen molar-refractivity contribution >= 4 is 22.9 Å². The van der Waals surface area contributed by atoms with Gasteiger partial charge in [-0.2, -0.15) is 0 Å². The molecule has 0 fully saturated rings. The van der Waals surface area contributed by atoms with Crippen LogP contribution in [0.3, 0.4) is 0 Å². The molecule has 62 valence electrons. The van der Waals surface area contributed by atoms with Gasteiger partial charge in [-0.05, 0) is 13.8 Å². The monoisotopic (exact) mass is 191 g/mol. The molecule has 1 rings (SSSR count). The highest BCUT2D eigenvalue weighted by molar-refractivity contribution is 7.09. The normalized spacial score (nSPS) is 12.0. The molecule has 1 aromatic rings. The van der Waals surface area contributed by atoms with Crippen LogP contribution in [-0.4, -0.2) is 10.1 Å². The molecular formula is C7H10ClNOS. The number of aliphatic hydroxyl groups is 1. The fraction of sp³-hybridized carbons (Fsp3) is 0.571. The lowest BCUT2D eigenvalue weighted by Crippen LogP contribution is -2.07. The van der Waals surface area contributed by atoms with E-state index in [0.717, 1.165) is 5.69 Å². The first kappa shape index (κ1) is 8.97. The van der Waals surface area contributed by atoms with Gasteiger partial charge in [0.1, 0.15) is 5.01 Å². The van der Waals surface area contributed by atoms with Gasteiger partial charge in [-0.1, -0.05) is 0 Å². The lowest BCUT2D eigenvalue weighted by molar-refractivity contribution is 0.281. The molecule has 1 N–H and O–H groups in total. The van der Waals surface area contributed by atoms with Gasteiger partial charge in [-0.15, -0.1) is 22.9 Å². The lowest BCUT2D eigenvalue weighted by atomic mass is 10.1. The highest BCUT2D eigenvalue weighted by Gasteiger charge is 2.19. The van der Waals surface area contributed by atoms with Crippen molar-refractivity contribution in [2.24, 2.45) is 0 Å². The van der Waals surface area contributed by atoms with Crippen molar-refractivity contribution in [2.75, 3.05) is 0 Å². The second kappa shape index (κ2) is 3.09. The van der Waals surface area contributed by atoms with E-state index in [2.05, 4.69) is 4.98 Å². The number of halogens is 1. The smallest absolute Gasteiger partial charge is 0.118 e. The molecule has 11 heavy (non-hydrogen) atoms. The van der Waals surface area contributed by atoms with E-state index in [1.807, 2.05) is 19.2 Å². The summed E-state index contributed by atoms with van der Waals surface area (Å²) in [6, 6.07) is 0. The largest absolute Gasteiger partial charge is 0.389 e. The Bertz CT molecular complexity index is 241. The molecule has 0 saturated carbocycles. The summed E-state index contributed by atoms with van der Waals surface area (Å²) in [7, 11) is 0. The van der Waals surface area contributed by atoms with Crippen molar-refractivity contribution < 1.29 is 5.11 Å². The molecule has 0 aromatic carbocycles. The summed E-state index contributed by atoms with van der Waals surface area (Å²) in [6.45, 7) is 3.76. The van der Waals surface area contributed by atoms with Crippen molar-refractivity contribution in [1.29, 1.82) is 0 Å². The van der Waals surface area contributed by atoms with E-state index >= 15 is 0 Å². The summed E-state index contributed by atoms with van der Waals surface area (Å²) in [5.41, 5.74) is 0.827. The zero-order chi connectivity index (χ0) is 8.48. The van der Waals surface area contributed by atoms with Crippen molar-refractivity contribution in [2.45, 2.75) is 25.3 Å². The molecule has 0 atom stereocenters. The second-order valence-electron chi connectivity index (χ2n) is 2.76. The van der Waals surface area contributed by atoms with Crippen LogP contribution in [0.1, 0.15) is 24.5 Å². The third-order valence-corrected chi connectivity index (χ3v) is 2.32. The summed E-state index contributed by atoms with van der Waals surface area (Å²) in [6.07, 6.45) is 0. The molecule has 4 heteroatoms. The number of rotatable bonds is 2. The molecule has 0 aliphatic heterocycles. The molecule has 0 aliphatic carbocycles. The van der Waals surface area contributed by atoms with E-state index in [-0.39, 0.29) is 6.61 Å². The molecule has 0 bridgehead atoms. The van der Waals surface area contributed by atoms with Gasteiger partial charge in [0.05, 0.1) is 17.2 Å². The van der Waals surface area contributed by atoms with Gasteiger partial charge in [0.25, 0.3) is 0 Å². The van der Waals surface area contributed by atoms with Crippen molar-refractivity contribution in [3.8, 4) is 0 Å². The zero-order valence-electron chi connectivity index (χ0n) is 6.47. The van der Waals surface area contributed by atoms with E-state index in [4.69, 9.17) is 16.7 Å². The van der Waals surface area contributed by atoms with E-state index < -0.39 is 4.87 Å². The van der Waals surface area contributed by atoms with Gasteiger partial charge in [-0.25, -0.2) is 4.98 Å². The van der Waals surface area contributed by atoms with Crippen LogP contribution in [0.25, 0.3) is 0 Å². The van der Waals surface area contributed by atoms with Crippen molar-refractivity contribution in [1.82, 2.24) is 4.98 Å². The van der Waals surface area contributed by atoms with Crippen LogP contribution in [0.5, 0.6) is 0 Å². The molecule has 0 amide bonds. The van der Waals surface area contributed by atoms with E-state index in [0.29, 0.717) is 5.01 Å². The Labute approximate surface area is 74.8 Å². The van der Waals surface area contributed by atoms with E-state index in [1.54, 1.807) is 0 Å².